The van der Waals surface area contributed by atoms with E-state index in [2.05, 4.69) is 12.2 Å². The minimum Gasteiger partial charge on any atom is -0.495 e. The van der Waals surface area contributed by atoms with Crippen LogP contribution in [0, 0.1) is 0 Å². The van der Waals surface area contributed by atoms with E-state index in [-0.39, 0.29) is 5.56 Å². The number of fused-ring (bicyclic) bond motifs is 3. The van der Waals surface area contributed by atoms with Crippen molar-refractivity contribution in [2.75, 3.05) is 12.4 Å². The van der Waals surface area contributed by atoms with Crippen molar-refractivity contribution in [1.29, 1.82) is 0 Å². The van der Waals surface area contributed by atoms with E-state index in [9.17, 15) is 4.79 Å². The van der Waals surface area contributed by atoms with Crippen LogP contribution in [0.15, 0.2) is 23.0 Å². The van der Waals surface area contributed by atoms with Gasteiger partial charge in [0.1, 0.15) is 10.6 Å². The van der Waals surface area contributed by atoms with Gasteiger partial charge in [0.25, 0.3) is 5.56 Å². The topological polar surface area (TPSA) is 56.1 Å². The lowest BCUT2D eigenvalue weighted by Gasteiger charge is -2.15. The number of aryl methyl sites for hydroxylation is 2. The minimum atomic E-state index is 0.0587. The first kappa shape index (κ1) is 18.3. The number of aromatic nitrogens is 2. The lowest BCUT2D eigenvalue weighted by molar-refractivity contribution is 0.415. The number of anilines is 2. The average Bonchev–Trinajstić information content (AvgIpc) is 3.03. The van der Waals surface area contributed by atoms with E-state index >= 15 is 0 Å². The fourth-order valence-corrected chi connectivity index (χ4v) is 5.15. The third-order valence-electron chi connectivity index (χ3n) is 4.93. The second kappa shape index (κ2) is 7.52. The summed E-state index contributed by atoms with van der Waals surface area (Å²) in [5.41, 5.74) is 2.06. The molecule has 1 aliphatic carbocycles. The summed E-state index contributed by atoms with van der Waals surface area (Å²) >= 11 is 7.90. The largest absolute Gasteiger partial charge is 0.495 e. The van der Waals surface area contributed by atoms with Crippen molar-refractivity contribution in [3.8, 4) is 5.75 Å². The zero-order valence-corrected chi connectivity index (χ0v) is 17.0. The number of rotatable bonds is 5. The highest BCUT2D eigenvalue weighted by Crippen LogP contribution is 2.35. The van der Waals surface area contributed by atoms with E-state index in [0.717, 1.165) is 41.6 Å². The van der Waals surface area contributed by atoms with Gasteiger partial charge in [-0.3, -0.25) is 9.36 Å². The van der Waals surface area contributed by atoms with E-state index in [1.807, 2.05) is 6.07 Å². The number of hydrogen-bond acceptors (Lipinski definition) is 5. The summed E-state index contributed by atoms with van der Waals surface area (Å²) in [6.07, 6.45) is 5.24. The molecule has 0 radical (unpaired) electrons. The van der Waals surface area contributed by atoms with Crippen molar-refractivity contribution in [2.24, 2.45) is 0 Å². The molecule has 0 saturated heterocycles. The number of hydrogen-bond donors (Lipinski definition) is 1. The zero-order valence-electron chi connectivity index (χ0n) is 15.5. The fraction of sp³-hybridized carbons (Fsp3) is 0.400. The first-order valence-corrected chi connectivity index (χ1v) is 10.5. The van der Waals surface area contributed by atoms with Crippen LogP contribution in [0.3, 0.4) is 0 Å². The summed E-state index contributed by atoms with van der Waals surface area (Å²) in [4.78, 5) is 20.3. The molecular weight excluding hydrogens is 382 g/mol. The molecule has 0 amide bonds. The number of halogens is 1. The molecule has 27 heavy (non-hydrogen) atoms. The van der Waals surface area contributed by atoms with Gasteiger partial charge in [-0.05, 0) is 55.9 Å². The molecule has 2 heterocycles. The van der Waals surface area contributed by atoms with Gasteiger partial charge in [0.05, 0.1) is 17.5 Å². The molecule has 0 bridgehead atoms. The molecule has 0 spiro atoms. The van der Waals surface area contributed by atoms with Gasteiger partial charge < -0.3 is 10.1 Å². The lowest BCUT2D eigenvalue weighted by Crippen LogP contribution is -2.24. The molecule has 0 unspecified atom stereocenters. The third kappa shape index (κ3) is 3.32. The molecule has 0 fully saturated rings. The summed E-state index contributed by atoms with van der Waals surface area (Å²) in [7, 11) is 1.58. The molecular formula is C20H22ClN3O2S. The van der Waals surface area contributed by atoms with Crippen molar-refractivity contribution in [1.82, 2.24) is 9.55 Å². The van der Waals surface area contributed by atoms with Crippen molar-refractivity contribution in [3.05, 3.63) is 44.0 Å². The standard InChI is InChI=1S/C20H22ClN3O2S/c1-3-10-24-19(25)17-13-6-4-5-7-16(13)27-18(17)23-20(24)22-12-8-9-15(26-2)14(21)11-12/h8-9,11H,3-7,10H2,1-2H3,(H,22,23). The van der Waals surface area contributed by atoms with Gasteiger partial charge in [-0.25, -0.2) is 4.98 Å². The fourth-order valence-electron chi connectivity index (χ4n) is 3.64. The summed E-state index contributed by atoms with van der Waals surface area (Å²) in [6.45, 7) is 2.69. The first-order valence-electron chi connectivity index (χ1n) is 9.28. The second-order valence-corrected chi connectivity index (χ2v) is 8.25. The summed E-state index contributed by atoms with van der Waals surface area (Å²) in [6, 6.07) is 5.46. The van der Waals surface area contributed by atoms with Gasteiger partial charge in [0, 0.05) is 17.1 Å². The maximum absolute atomic E-state index is 13.3. The molecule has 0 aliphatic heterocycles. The van der Waals surface area contributed by atoms with E-state index in [1.165, 1.54) is 16.9 Å². The van der Waals surface area contributed by atoms with E-state index in [4.69, 9.17) is 21.3 Å². The van der Waals surface area contributed by atoms with E-state index < -0.39 is 0 Å². The Morgan fingerprint density at radius 2 is 2.15 bits per heavy atom. The SMILES string of the molecule is CCCn1c(Nc2ccc(OC)c(Cl)c2)nc2sc3c(c2c1=O)CCCC3. The van der Waals surface area contributed by atoms with Gasteiger partial charge in [-0.1, -0.05) is 18.5 Å². The Bertz CT molecular complexity index is 1060. The Labute approximate surface area is 167 Å². The molecule has 1 N–H and O–H groups in total. The maximum atomic E-state index is 13.3. The highest BCUT2D eigenvalue weighted by atomic mass is 35.5. The molecule has 0 atom stereocenters. The molecule has 7 heteroatoms. The van der Waals surface area contributed by atoms with Crippen LogP contribution in [-0.2, 0) is 19.4 Å². The monoisotopic (exact) mass is 403 g/mol. The normalized spacial score (nSPS) is 13.6. The van der Waals surface area contributed by atoms with Crippen LogP contribution in [0.4, 0.5) is 11.6 Å². The first-order chi connectivity index (χ1) is 13.1. The Hall–Kier alpha value is -2.05. The van der Waals surface area contributed by atoms with Gasteiger partial charge >= 0.3 is 0 Å². The number of nitrogens with zero attached hydrogens (tertiary/aromatic N) is 2. The van der Waals surface area contributed by atoms with Crippen LogP contribution in [0.25, 0.3) is 10.2 Å². The van der Waals surface area contributed by atoms with Crippen LogP contribution < -0.4 is 15.6 Å². The van der Waals surface area contributed by atoms with Crippen LogP contribution >= 0.6 is 22.9 Å². The molecule has 3 aromatic rings. The summed E-state index contributed by atoms with van der Waals surface area (Å²) in [5.74, 6) is 1.18. The maximum Gasteiger partial charge on any atom is 0.263 e. The highest BCUT2D eigenvalue weighted by molar-refractivity contribution is 7.18. The lowest BCUT2D eigenvalue weighted by atomic mass is 9.97. The number of thiophene rings is 1. The van der Waals surface area contributed by atoms with Gasteiger partial charge in [-0.2, -0.15) is 0 Å². The van der Waals surface area contributed by atoms with Gasteiger partial charge in [-0.15, -0.1) is 11.3 Å². The van der Waals surface area contributed by atoms with Crippen molar-refractivity contribution in [3.63, 3.8) is 0 Å². The van der Waals surface area contributed by atoms with Crippen LogP contribution in [0.5, 0.6) is 5.75 Å². The molecule has 1 aliphatic rings. The Morgan fingerprint density at radius 3 is 2.89 bits per heavy atom. The quantitative estimate of drug-likeness (QED) is 0.639. The summed E-state index contributed by atoms with van der Waals surface area (Å²) in [5, 5.41) is 4.62. The Kier molecular flexibility index (Phi) is 5.10. The number of methoxy groups -OCH3 is 1. The Balaban J connectivity index is 1.83. The minimum absolute atomic E-state index is 0.0587. The van der Waals surface area contributed by atoms with E-state index in [0.29, 0.717) is 23.3 Å². The van der Waals surface area contributed by atoms with Gasteiger partial charge in [0.15, 0.2) is 0 Å². The molecule has 2 aromatic heterocycles. The molecule has 5 nitrogen and oxygen atoms in total. The van der Waals surface area contributed by atoms with Crippen LogP contribution in [0.1, 0.15) is 36.6 Å². The predicted molar refractivity (Wildman–Crippen MR) is 112 cm³/mol. The third-order valence-corrected chi connectivity index (χ3v) is 6.41. The number of benzene rings is 1. The van der Waals surface area contributed by atoms with E-state index in [1.54, 1.807) is 35.1 Å². The van der Waals surface area contributed by atoms with Crippen molar-refractivity contribution >= 4 is 44.8 Å². The second-order valence-electron chi connectivity index (χ2n) is 6.76. The number of nitrogens with one attached hydrogen (secondary N) is 1. The molecule has 142 valence electrons. The molecule has 1 aromatic carbocycles. The number of ether oxygens (including phenoxy) is 1. The molecule has 4 rings (SSSR count). The van der Waals surface area contributed by atoms with Crippen LogP contribution in [-0.4, -0.2) is 16.7 Å². The van der Waals surface area contributed by atoms with Crippen molar-refractivity contribution in [2.45, 2.75) is 45.6 Å². The average molecular weight is 404 g/mol. The smallest absolute Gasteiger partial charge is 0.263 e. The zero-order chi connectivity index (χ0) is 19.0. The summed E-state index contributed by atoms with van der Waals surface area (Å²) < 4.78 is 6.96. The predicted octanol–water partition coefficient (Wildman–Crippen LogP) is 5.15. The Morgan fingerprint density at radius 1 is 1.33 bits per heavy atom. The van der Waals surface area contributed by atoms with Crippen LogP contribution in [0.2, 0.25) is 5.02 Å². The van der Waals surface area contributed by atoms with Gasteiger partial charge in [0.2, 0.25) is 5.95 Å². The van der Waals surface area contributed by atoms with Crippen molar-refractivity contribution < 1.29 is 4.74 Å². The molecule has 0 saturated carbocycles. The highest BCUT2D eigenvalue weighted by Gasteiger charge is 2.22.